The highest BCUT2D eigenvalue weighted by Crippen LogP contribution is 2.31. The molecule has 0 radical (unpaired) electrons. The van der Waals surface area contributed by atoms with Crippen molar-refractivity contribution < 1.29 is 18.3 Å². The van der Waals surface area contributed by atoms with Gasteiger partial charge in [0.25, 0.3) is 11.8 Å². The molecule has 6 nitrogen and oxygen atoms in total. The normalized spacial score (nSPS) is 13.1. The number of hydrogen-bond acceptors (Lipinski definition) is 5. The summed E-state index contributed by atoms with van der Waals surface area (Å²) in [5.74, 6) is -2.81. The number of ether oxygens (including phenoxy) is 1. The third-order valence-corrected chi connectivity index (χ3v) is 6.41. The molecule has 0 unspecified atom stereocenters. The Morgan fingerprint density at radius 1 is 1.19 bits per heavy atom. The van der Waals surface area contributed by atoms with Crippen molar-refractivity contribution in [3.63, 3.8) is 0 Å². The maximum atomic E-state index is 13.9. The molecule has 1 heterocycles. The number of benzene rings is 1. The summed E-state index contributed by atoms with van der Waals surface area (Å²) in [6, 6.07) is 8.33. The first-order valence-electron chi connectivity index (χ1n) is 12.9. The van der Waals surface area contributed by atoms with Gasteiger partial charge in [-0.1, -0.05) is 32.4 Å². The lowest BCUT2D eigenvalue weighted by Gasteiger charge is -2.29. The van der Waals surface area contributed by atoms with E-state index in [1.807, 2.05) is 59.0 Å². The van der Waals surface area contributed by atoms with E-state index in [0.29, 0.717) is 17.8 Å². The van der Waals surface area contributed by atoms with Crippen LogP contribution >= 0.6 is 0 Å². The fourth-order valence-electron chi connectivity index (χ4n) is 3.69. The van der Waals surface area contributed by atoms with Crippen molar-refractivity contribution in [3.8, 4) is 5.88 Å². The number of hydrazone groups is 1. The van der Waals surface area contributed by atoms with Crippen LogP contribution in [0.2, 0.25) is 0 Å². The number of anilines is 1. The zero-order valence-corrected chi connectivity index (χ0v) is 23.1. The van der Waals surface area contributed by atoms with Crippen LogP contribution < -0.4 is 9.75 Å². The summed E-state index contributed by atoms with van der Waals surface area (Å²) in [5.41, 5.74) is 3.40. The summed E-state index contributed by atoms with van der Waals surface area (Å²) >= 11 is 0. The van der Waals surface area contributed by atoms with Crippen molar-refractivity contribution in [1.82, 2.24) is 9.88 Å². The van der Waals surface area contributed by atoms with Crippen molar-refractivity contribution in [2.45, 2.75) is 72.8 Å². The van der Waals surface area contributed by atoms with E-state index in [-0.39, 0.29) is 36.4 Å². The van der Waals surface area contributed by atoms with E-state index in [2.05, 4.69) is 17.0 Å². The van der Waals surface area contributed by atoms with Crippen molar-refractivity contribution in [2.75, 3.05) is 25.2 Å². The molecule has 0 aliphatic carbocycles. The van der Waals surface area contributed by atoms with Gasteiger partial charge in [-0.3, -0.25) is 9.80 Å². The van der Waals surface area contributed by atoms with E-state index in [0.717, 1.165) is 24.6 Å². The molecule has 2 aromatic rings. The fourth-order valence-corrected chi connectivity index (χ4v) is 3.69. The molecule has 37 heavy (non-hydrogen) atoms. The van der Waals surface area contributed by atoms with E-state index < -0.39 is 5.92 Å². The summed E-state index contributed by atoms with van der Waals surface area (Å²) in [5, 5.41) is 6.20. The maximum Gasteiger partial charge on any atom is 0.274 e. The van der Waals surface area contributed by atoms with Crippen molar-refractivity contribution in [1.29, 1.82) is 0 Å². The summed E-state index contributed by atoms with van der Waals surface area (Å²) in [4.78, 5) is 19.5. The van der Waals surface area contributed by atoms with E-state index >= 15 is 0 Å². The Kier molecular flexibility index (Phi) is 11.2. The molecule has 1 amide bonds. The summed E-state index contributed by atoms with van der Waals surface area (Å²) in [6.45, 7) is 12.1. The smallest absolute Gasteiger partial charge is 0.274 e. The van der Waals surface area contributed by atoms with Crippen LogP contribution in [0.15, 0.2) is 53.3 Å². The zero-order chi connectivity index (χ0) is 27.6. The van der Waals surface area contributed by atoms with Crippen LogP contribution in [-0.2, 0) is 12.3 Å². The quantitative estimate of drug-likeness (QED) is 0.217. The molecule has 0 aliphatic rings. The molecular weight excluding hydrogens is 474 g/mol. The monoisotopic (exact) mass is 514 g/mol. The minimum absolute atomic E-state index is 0.128. The lowest BCUT2D eigenvalue weighted by atomic mass is 10.0. The number of alkyl halides is 2. The van der Waals surface area contributed by atoms with Crippen LogP contribution in [0.4, 0.5) is 14.5 Å². The van der Waals surface area contributed by atoms with Gasteiger partial charge in [0, 0.05) is 44.1 Å². The molecule has 0 fully saturated rings. The predicted molar refractivity (Wildman–Crippen MR) is 147 cm³/mol. The summed E-state index contributed by atoms with van der Waals surface area (Å²) in [7, 11) is 1.82. The second kappa shape index (κ2) is 13.9. The van der Waals surface area contributed by atoms with Gasteiger partial charge in [0.05, 0.1) is 17.3 Å². The van der Waals surface area contributed by atoms with Gasteiger partial charge in [-0.25, -0.2) is 13.8 Å². The molecule has 1 atom stereocenters. The third kappa shape index (κ3) is 8.10. The van der Waals surface area contributed by atoms with Gasteiger partial charge in [0.15, 0.2) is 0 Å². The minimum Gasteiger partial charge on any atom is -0.475 e. The molecule has 1 aromatic heterocycles. The average molecular weight is 515 g/mol. The van der Waals surface area contributed by atoms with Crippen molar-refractivity contribution in [3.05, 3.63) is 64.9 Å². The lowest BCUT2D eigenvalue weighted by molar-refractivity contribution is -0.00872. The topological polar surface area (TPSA) is 58.0 Å². The van der Waals surface area contributed by atoms with Crippen LogP contribution in [0.1, 0.15) is 75.9 Å². The highest BCUT2D eigenvalue weighted by atomic mass is 19.3. The number of amides is 1. The number of rotatable bonds is 13. The fraction of sp³-hybridized carbons (Fsp3) is 0.483. The van der Waals surface area contributed by atoms with Gasteiger partial charge in [0.1, 0.15) is 6.61 Å². The molecule has 2 rings (SSSR count). The first kappa shape index (κ1) is 29.9. The van der Waals surface area contributed by atoms with E-state index in [1.54, 1.807) is 16.1 Å². The van der Waals surface area contributed by atoms with E-state index in [1.165, 1.54) is 24.6 Å². The van der Waals surface area contributed by atoms with Crippen molar-refractivity contribution >= 4 is 17.8 Å². The standard InChI is InChI=1S/C29H40F2N4O2/c1-8-21(5)16-17-33-34(7)26-14-12-23(9-2)18-25(26)28(36)35(11-4)22(6)20-37-27-15-13-24(19-32-27)29(30,31)10-3/h12-19,22H,8-11,20H2,1-7H3/b21-16?,33-17-/t22-/m0/s1. The molecule has 0 spiro atoms. The summed E-state index contributed by atoms with van der Waals surface area (Å²) in [6.07, 6.45) is 6.29. The average Bonchev–Trinajstić information content (AvgIpc) is 2.91. The zero-order valence-electron chi connectivity index (χ0n) is 23.1. The molecular formula is C29H40F2N4O2. The van der Waals surface area contributed by atoms with Crippen LogP contribution in [0.3, 0.4) is 0 Å². The molecule has 0 saturated carbocycles. The molecule has 202 valence electrons. The number of aromatic nitrogens is 1. The largest absolute Gasteiger partial charge is 0.475 e. The summed E-state index contributed by atoms with van der Waals surface area (Å²) < 4.78 is 33.5. The van der Waals surface area contributed by atoms with Crippen LogP contribution in [0, 0.1) is 0 Å². The Morgan fingerprint density at radius 3 is 2.49 bits per heavy atom. The Morgan fingerprint density at radius 2 is 1.92 bits per heavy atom. The second-order valence-corrected chi connectivity index (χ2v) is 9.05. The van der Waals surface area contributed by atoms with Gasteiger partial charge in [0.2, 0.25) is 5.88 Å². The first-order valence-corrected chi connectivity index (χ1v) is 12.9. The van der Waals surface area contributed by atoms with Gasteiger partial charge in [-0.15, -0.1) is 0 Å². The van der Waals surface area contributed by atoms with E-state index in [9.17, 15) is 13.6 Å². The number of hydrogen-bond donors (Lipinski definition) is 0. The Hall–Kier alpha value is -3.29. The molecule has 1 aromatic carbocycles. The van der Waals surface area contributed by atoms with Crippen LogP contribution in [0.5, 0.6) is 5.88 Å². The number of halogens is 2. The Balaban J connectivity index is 2.21. The number of aryl methyl sites for hydroxylation is 1. The van der Waals surface area contributed by atoms with Gasteiger partial charge < -0.3 is 9.64 Å². The van der Waals surface area contributed by atoms with Gasteiger partial charge in [-0.05, 0) is 63.5 Å². The predicted octanol–water partition coefficient (Wildman–Crippen LogP) is 6.85. The minimum atomic E-state index is -2.92. The molecule has 0 N–H and O–H groups in total. The number of carbonyl (C=O) groups is 1. The third-order valence-electron chi connectivity index (χ3n) is 6.41. The number of allylic oxidation sites excluding steroid dienone is 2. The number of nitrogens with zero attached hydrogens (tertiary/aromatic N) is 4. The number of carbonyl (C=O) groups excluding carboxylic acids is 1. The molecule has 8 heteroatoms. The maximum absolute atomic E-state index is 13.9. The first-order chi connectivity index (χ1) is 17.6. The van der Waals surface area contributed by atoms with E-state index in [4.69, 9.17) is 4.74 Å². The number of likely N-dealkylation sites (N-methyl/N-ethyl adjacent to an activating group) is 1. The highest BCUT2D eigenvalue weighted by molar-refractivity contribution is 6.00. The Bertz CT molecular complexity index is 1080. The van der Waals surface area contributed by atoms with Crippen LogP contribution in [-0.4, -0.2) is 48.2 Å². The van der Waals surface area contributed by atoms with Crippen LogP contribution in [0.25, 0.3) is 0 Å². The van der Waals surface area contributed by atoms with Gasteiger partial charge >= 0.3 is 0 Å². The molecule has 0 aliphatic heterocycles. The van der Waals surface area contributed by atoms with Gasteiger partial charge in [-0.2, -0.15) is 5.10 Å². The molecule has 0 saturated heterocycles. The lowest BCUT2D eigenvalue weighted by Crippen LogP contribution is -2.42. The highest BCUT2D eigenvalue weighted by Gasteiger charge is 2.29. The second-order valence-electron chi connectivity index (χ2n) is 9.05. The SMILES string of the molecule is CCC(C)=C/C=N\N(C)c1ccc(CC)cc1C(=O)N(CC)[C@@H](C)COc1ccc(C(F)(F)CC)cn1. The number of pyridine rings is 1. The molecule has 0 bridgehead atoms. The Labute approximate surface area is 220 Å². The van der Waals surface area contributed by atoms with Crippen molar-refractivity contribution in [2.24, 2.45) is 5.10 Å².